The summed E-state index contributed by atoms with van der Waals surface area (Å²) in [6.07, 6.45) is 1.89. The van der Waals surface area contributed by atoms with Crippen molar-refractivity contribution in [2.45, 2.75) is 52.2 Å². The Morgan fingerprint density at radius 3 is 1.72 bits per heavy atom. The molecule has 0 saturated carbocycles. The van der Waals surface area contributed by atoms with Crippen molar-refractivity contribution >= 4 is 37.9 Å². The Morgan fingerprint density at radius 2 is 1.53 bits per heavy atom. The molecule has 2 saturated heterocycles. The highest BCUT2D eigenvalue weighted by Crippen LogP contribution is 2.42. The second kappa shape index (κ2) is 14.8. The fraction of sp³-hybridized carbons (Fsp3) is 0.778. The molecule has 3 N–H and O–H groups in total. The highest BCUT2D eigenvalue weighted by molar-refractivity contribution is 6.67. The molecule has 0 aromatic carbocycles. The van der Waals surface area contributed by atoms with Gasteiger partial charge in [-0.25, -0.2) is 0 Å². The number of carboxylic acids is 1. The minimum atomic E-state index is -1.81. The maximum Gasteiger partial charge on any atom is 0.586 e. The lowest BCUT2D eigenvalue weighted by atomic mass is 9.55. The Morgan fingerprint density at radius 1 is 1.12 bits per heavy atom. The molecule has 0 spiro atoms. The summed E-state index contributed by atoms with van der Waals surface area (Å²) in [5.41, 5.74) is 0. The van der Waals surface area contributed by atoms with E-state index in [0.717, 1.165) is 12.8 Å². The summed E-state index contributed by atoms with van der Waals surface area (Å²) in [7, 11) is 4.16. The van der Waals surface area contributed by atoms with Crippen LogP contribution in [0.15, 0.2) is 0 Å². The molecular weight excluding hydrogens is 426 g/mol. The molecule has 2 unspecified atom stereocenters. The van der Waals surface area contributed by atoms with Crippen molar-refractivity contribution in [3.8, 4) is 0 Å². The molecule has 12 nitrogen and oxygen atoms in total. The van der Waals surface area contributed by atoms with Gasteiger partial charge in [0.15, 0.2) is 0 Å². The molecule has 0 radical (unpaired) electrons. The Labute approximate surface area is 189 Å². The number of nitrogens with zero attached hydrogens (tertiary/aromatic N) is 2. The van der Waals surface area contributed by atoms with Crippen LogP contribution >= 0.6 is 0 Å². The number of fused-ring (bicyclic) bond motifs is 1. The molecule has 0 aromatic heterocycles. The van der Waals surface area contributed by atoms with Gasteiger partial charge in [0.1, 0.15) is 13.1 Å². The average Bonchev–Trinajstić information content (AvgIpc) is 3.04. The van der Waals surface area contributed by atoms with Gasteiger partial charge in [-0.1, -0.05) is 40.5 Å². The lowest BCUT2D eigenvalue weighted by Crippen LogP contribution is -2.62. The van der Waals surface area contributed by atoms with Crippen molar-refractivity contribution in [2.75, 3.05) is 40.8 Å². The van der Waals surface area contributed by atoms with E-state index in [1.165, 1.54) is 0 Å². The Hall–Kier alpha value is -2.24. The predicted molar refractivity (Wildman–Crippen MR) is 115 cm³/mol. The van der Waals surface area contributed by atoms with E-state index >= 15 is 0 Å². The van der Waals surface area contributed by atoms with Gasteiger partial charge in [0.25, 0.3) is 0 Å². The number of quaternary nitrogens is 1. The fourth-order valence-corrected chi connectivity index (χ4v) is 3.26. The van der Waals surface area contributed by atoms with Gasteiger partial charge in [-0.3, -0.25) is 19.3 Å². The third-order valence-electron chi connectivity index (χ3n) is 5.42. The number of carbonyl (C=O) groups excluding carboxylic acids is 4. The molecule has 2 rings (SSSR count). The van der Waals surface area contributed by atoms with Crippen LogP contribution in [0, 0.1) is 0 Å². The van der Waals surface area contributed by atoms with Crippen LogP contribution in [0.2, 0.25) is 11.6 Å². The molecule has 0 aliphatic carbocycles. The highest BCUT2D eigenvalue weighted by atomic mass is 16.7. The molecule has 0 bridgehead atoms. The van der Waals surface area contributed by atoms with Gasteiger partial charge in [0, 0.05) is 7.05 Å². The van der Waals surface area contributed by atoms with E-state index in [0.29, 0.717) is 4.39 Å². The SMILES string of the molecule is CCC(C)B(O)O.CCC(C)[B-]12OC(=O)C[N+]1(C)CC(=O)O2.CN(C)CC(=O)O.O=C=O. The minimum Gasteiger partial charge on any atom is -0.600 e. The van der Waals surface area contributed by atoms with Gasteiger partial charge in [-0.15, -0.1) is 0 Å². The number of carbonyl (C=O) groups is 3. The van der Waals surface area contributed by atoms with Gasteiger partial charge < -0.3 is 28.9 Å². The summed E-state index contributed by atoms with van der Waals surface area (Å²) < 4.78 is 11.0. The molecule has 14 heteroatoms. The molecule has 2 fully saturated rings. The molecule has 184 valence electrons. The van der Waals surface area contributed by atoms with Crippen LogP contribution in [0.3, 0.4) is 0 Å². The smallest absolute Gasteiger partial charge is 0.586 e. The van der Waals surface area contributed by atoms with Crippen molar-refractivity contribution < 1.29 is 52.8 Å². The third kappa shape index (κ3) is 9.92. The standard InChI is InChI=1S/C9H16BNO4.C4H11BO2.C4H9NO2.CO2/c1-4-7(2)10-11(3,5-8(12)14-10)6-9(13)15-10;1-3-4(2)5(6)7;1-5(2)3-4(6)7;2-1-3/h7H,4-6H2,1-3H3;4,6-7H,3H2,1-2H3;3H2,1-2H3,(H,6,7);. The van der Waals surface area contributed by atoms with Crippen LogP contribution in [0.1, 0.15) is 40.5 Å². The summed E-state index contributed by atoms with van der Waals surface area (Å²) >= 11 is 0. The second-order valence-corrected chi connectivity index (χ2v) is 8.40. The van der Waals surface area contributed by atoms with E-state index in [9.17, 15) is 14.4 Å². The lowest BCUT2D eigenvalue weighted by Gasteiger charge is -2.43. The van der Waals surface area contributed by atoms with Crippen molar-refractivity contribution in [1.29, 1.82) is 0 Å². The molecule has 0 amide bonds. The predicted octanol–water partition coefficient (Wildman–Crippen LogP) is -0.406. The molecular formula is C18H36B2N2O10. The summed E-state index contributed by atoms with van der Waals surface area (Å²) in [6.45, 7) is 6.48. The Balaban J connectivity index is 0. The largest absolute Gasteiger partial charge is 0.600 e. The van der Waals surface area contributed by atoms with Gasteiger partial charge in [0.05, 0.1) is 6.54 Å². The van der Waals surface area contributed by atoms with Gasteiger partial charge in [-0.2, -0.15) is 9.59 Å². The van der Waals surface area contributed by atoms with Gasteiger partial charge in [-0.05, 0) is 25.7 Å². The first kappa shape index (κ1) is 31.9. The summed E-state index contributed by atoms with van der Waals surface area (Å²) in [5.74, 6) is -1.21. The zero-order chi connectivity index (χ0) is 25.7. The van der Waals surface area contributed by atoms with E-state index in [1.807, 2.05) is 27.8 Å². The number of hydrogen-bond acceptors (Lipinski definition) is 10. The van der Waals surface area contributed by atoms with E-state index in [-0.39, 0.29) is 49.4 Å². The van der Waals surface area contributed by atoms with E-state index in [2.05, 4.69) is 0 Å². The fourth-order valence-electron chi connectivity index (χ4n) is 3.26. The van der Waals surface area contributed by atoms with Crippen LogP contribution in [0.4, 0.5) is 0 Å². The lowest BCUT2D eigenvalue weighted by molar-refractivity contribution is -0.794. The first-order valence-electron chi connectivity index (χ1n) is 10.3. The van der Waals surface area contributed by atoms with Gasteiger partial charge >= 0.3 is 37.9 Å². The minimum absolute atomic E-state index is 0.0139. The molecule has 2 aliphatic rings. The number of carboxylic acid groups (broad SMARTS) is 1. The van der Waals surface area contributed by atoms with E-state index in [4.69, 9.17) is 34.1 Å². The first-order chi connectivity index (χ1) is 14.7. The summed E-state index contributed by atoms with van der Waals surface area (Å²) in [4.78, 5) is 50.4. The number of hydrogen-bond donors (Lipinski definition) is 3. The molecule has 32 heavy (non-hydrogen) atoms. The number of likely N-dealkylation sites (N-methyl/N-ethyl adjacent to an activating group) is 2. The van der Waals surface area contributed by atoms with Crippen molar-refractivity contribution in [3.05, 3.63) is 0 Å². The van der Waals surface area contributed by atoms with Crippen LogP contribution in [0.25, 0.3) is 0 Å². The number of aliphatic carboxylic acids is 1. The van der Waals surface area contributed by atoms with Crippen LogP contribution in [-0.4, -0.2) is 103 Å². The maximum absolute atomic E-state index is 11.4. The molecule has 2 heterocycles. The van der Waals surface area contributed by atoms with E-state index < -0.39 is 19.8 Å². The van der Waals surface area contributed by atoms with Crippen LogP contribution in [-0.2, 0) is 33.3 Å². The summed E-state index contributed by atoms with van der Waals surface area (Å²) in [5, 5.41) is 24.8. The van der Waals surface area contributed by atoms with Crippen molar-refractivity contribution in [3.63, 3.8) is 0 Å². The molecule has 2 atom stereocenters. The molecule has 0 aromatic rings. The number of rotatable bonds is 6. The topological polar surface area (TPSA) is 168 Å². The van der Waals surface area contributed by atoms with Crippen LogP contribution in [0.5, 0.6) is 0 Å². The zero-order valence-corrected chi connectivity index (χ0v) is 19.9. The van der Waals surface area contributed by atoms with Crippen molar-refractivity contribution in [2.24, 2.45) is 0 Å². The normalized spacial score (nSPS) is 24.6. The zero-order valence-electron chi connectivity index (χ0n) is 19.9. The van der Waals surface area contributed by atoms with Crippen molar-refractivity contribution in [1.82, 2.24) is 4.90 Å². The van der Waals surface area contributed by atoms with E-state index in [1.54, 1.807) is 25.9 Å². The summed E-state index contributed by atoms with van der Waals surface area (Å²) in [6, 6.07) is 0. The quantitative estimate of drug-likeness (QED) is 0.439. The maximum atomic E-state index is 11.4. The molecule has 2 aliphatic heterocycles. The third-order valence-corrected chi connectivity index (χ3v) is 5.42. The first-order valence-corrected chi connectivity index (χ1v) is 10.3. The Kier molecular flexibility index (Phi) is 14.7. The average molecular weight is 462 g/mol. The van der Waals surface area contributed by atoms with Crippen LogP contribution < -0.4 is 0 Å². The Bertz CT molecular complexity index is 634. The monoisotopic (exact) mass is 462 g/mol. The second-order valence-electron chi connectivity index (χ2n) is 8.40. The van der Waals surface area contributed by atoms with Gasteiger partial charge in [0.2, 0.25) is 0 Å². The highest BCUT2D eigenvalue weighted by Gasteiger charge is 2.67.